The van der Waals surface area contributed by atoms with Crippen LogP contribution in [0.15, 0.2) is 63.9 Å². The molecule has 0 bridgehead atoms. The van der Waals surface area contributed by atoms with E-state index in [1.54, 1.807) is 24.4 Å². The van der Waals surface area contributed by atoms with Crippen molar-refractivity contribution in [1.82, 2.24) is 19.5 Å². The Kier molecular flexibility index (Phi) is 3.61. The molecule has 126 valence electrons. The maximum atomic E-state index is 12.3. The number of pyridine rings is 1. The van der Waals surface area contributed by atoms with E-state index in [0.717, 1.165) is 15.7 Å². The molecule has 1 unspecified atom stereocenters. The third-order valence-electron chi connectivity index (χ3n) is 4.03. The van der Waals surface area contributed by atoms with Gasteiger partial charge in [-0.05, 0) is 31.2 Å². The summed E-state index contributed by atoms with van der Waals surface area (Å²) in [5, 5.41) is 7.97. The Morgan fingerprint density at radius 1 is 1.24 bits per heavy atom. The minimum atomic E-state index is -0.345. The number of fused-ring (bicyclic) bond motifs is 2. The highest BCUT2D eigenvalue weighted by molar-refractivity contribution is 5.79. The van der Waals surface area contributed by atoms with E-state index in [0.29, 0.717) is 11.4 Å². The van der Waals surface area contributed by atoms with Crippen LogP contribution in [0.1, 0.15) is 18.7 Å². The Labute approximate surface area is 142 Å². The van der Waals surface area contributed by atoms with Gasteiger partial charge in [-0.15, -0.1) is 5.10 Å². The van der Waals surface area contributed by atoms with Crippen molar-refractivity contribution in [2.24, 2.45) is 0 Å². The maximum Gasteiger partial charge on any atom is 0.350 e. The molecule has 0 aliphatic carbocycles. The number of amides is 1. The van der Waals surface area contributed by atoms with Gasteiger partial charge >= 0.3 is 5.69 Å². The van der Waals surface area contributed by atoms with Gasteiger partial charge in [-0.2, -0.15) is 0 Å². The predicted octanol–water partition coefficient (Wildman–Crippen LogP) is 2.12. The summed E-state index contributed by atoms with van der Waals surface area (Å²) in [6.07, 6.45) is 1.62. The van der Waals surface area contributed by atoms with Crippen molar-refractivity contribution >= 4 is 22.5 Å². The Hall–Kier alpha value is -3.35. The molecule has 25 heavy (non-hydrogen) atoms. The number of furan rings is 1. The molecule has 0 saturated carbocycles. The first-order chi connectivity index (χ1) is 12.1. The van der Waals surface area contributed by atoms with Crippen molar-refractivity contribution in [2.75, 3.05) is 0 Å². The normalized spacial score (nSPS) is 12.5. The average Bonchev–Trinajstić information content (AvgIpc) is 3.17. The van der Waals surface area contributed by atoms with E-state index in [4.69, 9.17) is 4.42 Å². The van der Waals surface area contributed by atoms with Gasteiger partial charge in [0.1, 0.15) is 17.9 Å². The van der Waals surface area contributed by atoms with E-state index >= 15 is 0 Å². The zero-order chi connectivity index (χ0) is 17.4. The molecule has 3 aromatic heterocycles. The summed E-state index contributed by atoms with van der Waals surface area (Å²) in [7, 11) is 0. The van der Waals surface area contributed by atoms with Crippen molar-refractivity contribution in [1.29, 1.82) is 0 Å². The van der Waals surface area contributed by atoms with Gasteiger partial charge in [-0.3, -0.25) is 9.20 Å². The molecule has 1 aromatic carbocycles. The number of nitrogens with zero attached hydrogens (tertiary/aromatic N) is 3. The molecule has 7 heteroatoms. The summed E-state index contributed by atoms with van der Waals surface area (Å²) in [6.45, 7) is 1.69. The Bertz CT molecular complexity index is 1090. The van der Waals surface area contributed by atoms with Gasteiger partial charge in [0.15, 0.2) is 5.65 Å². The summed E-state index contributed by atoms with van der Waals surface area (Å²) >= 11 is 0. The molecule has 0 aliphatic rings. The summed E-state index contributed by atoms with van der Waals surface area (Å²) in [5.41, 5.74) is 0.933. The summed E-state index contributed by atoms with van der Waals surface area (Å²) < 4.78 is 8.30. The highest BCUT2D eigenvalue weighted by Crippen LogP contribution is 2.23. The summed E-state index contributed by atoms with van der Waals surface area (Å²) in [6, 6.07) is 14.5. The fourth-order valence-corrected chi connectivity index (χ4v) is 2.78. The van der Waals surface area contributed by atoms with Gasteiger partial charge in [-0.25, -0.2) is 9.48 Å². The zero-order valence-electron chi connectivity index (χ0n) is 13.5. The monoisotopic (exact) mass is 336 g/mol. The molecule has 0 saturated heterocycles. The molecule has 4 rings (SSSR count). The topological polar surface area (TPSA) is 81.5 Å². The van der Waals surface area contributed by atoms with E-state index in [9.17, 15) is 9.59 Å². The van der Waals surface area contributed by atoms with Gasteiger partial charge in [0.05, 0.1) is 6.04 Å². The second-order valence-corrected chi connectivity index (χ2v) is 5.84. The molecule has 1 amide bonds. The second kappa shape index (κ2) is 5.94. The fourth-order valence-electron chi connectivity index (χ4n) is 2.78. The molecule has 4 aromatic rings. The molecule has 0 radical (unpaired) electrons. The number of carbonyl (C=O) groups excluding carboxylic acids is 1. The molecule has 0 spiro atoms. The third-order valence-corrected chi connectivity index (χ3v) is 4.03. The Balaban J connectivity index is 1.51. The highest BCUT2D eigenvalue weighted by Gasteiger charge is 2.16. The van der Waals surface area contributed by atoms with E-state index < -0.39 is 0 Å². The number of nitrogens with one attached hydrogen (secondary N) is 1. The fraction of sp³-hybridized carbons (Fsp3) is 0.167. The van der Waals surface area contributed by atoms with Gasteiger partial charge < -0.3 is 9.73 Å². The number of hydrogen-bond acceptors (Lipinski definition) is 4. The van der Waals surface area contributed by atoms with Crippen LogP contribution in [-0.2, 0) is 11.3 Å². The van der Waals surface area contributed by atoms with Crippen LogP contribution in [-0.4, -0.2) is 20.1 Å². The van der Waals surface area contributed by atoms with Crippen LogP contribution < -0.4 is 11.0 Å². The first-order valence-electron chi connectivity index (χ1n) is 7.94. The second-order valence-electron chi connectivity index (χ2n) is 5.84. The van der Waals surface area contributed by atoms with Crippen LogP contribution in [0, 0.1) is 0 Å². The molecule has 1 atom stereocenters. The predicted molar refractivity (Wildman–Crippen MR) is 92.2 cm³/mol. The number of aromatic nitrogens is 3. The van der Waals surface area contributed by atoms with Crippen molar-refractivity contribution in [3.8, 4) is 0 Å². The first-order valence-corrected chi connectivity index (χ1v) is 7.94. The van der Waals surface area contributed by atoms with Crippen LogP contribution in [0.2, 0.25) is 0 Å². The minimum absolute atomic E-state index is 0.148. The zero-order valence-corrected chi connectivity index (χ0v) is 13.5. The lowest BCUT2D eigenvalue weighted by molar-refractivity contribution is -0.122. The van der Waals surface area contributed by atoms with E-state index in [1.807, 2.05) is 37.3 Å². The maximum absolute atomic E-state index is 12.3. The average molecular weight is 336 g/mol. The Morgan fingerprint density at radius 2 is 2.04 bits per heavy atom. The number of benzene rings is 1. The van der Waals surface area contributed by atoms with E-state index in [2.05, 4.69) is 10.4 Å². The van der Waals surface area contributed by atoms with Crippen LogP contribution in [0.3, 0.4) is 0 Å². The van der Waals surface area contributed by atoms with Gasteiger partial charge in [0, 0.05) is 11.6 Å². The minimum Gasteiger partial charge on any atom is -0.459 e. The SMILES string of the molecule is CC(NC(=O)Cn1nc2ccccn2c1=O)c1cc2ccccc2o1. The lowest BCUT2D eigenvalue weighted by Gasteiger charge is -2.10. The van der Waals surface area contributed by atoms with Crippen LogP contribution >= 0.6 is 0 Å². The van der Waals surface area contributed by atoms with E-state index in [1.165, 1.54) is 4.40 Å². The summed E-state index contributed by atoms with van der Waals surface area (Å²) in [5.74, 6) is 0.357. The largest absolute Gasteiger partial charge is 0.459 e. The molecule has 0 aliphatic heterocycles. The van der Waals surface area contributed by atoms with Crippen LogP contribution in [0.4, 0.5) is 0 Å². The van der Waals surface area contributed by atoms with Crippen molar-refractivity contribution in [3.05, 3.63) is 71.0 Å². The smallest absolute Gasteiger partial charge is 0.350 e. The number of hydrogen-bond donors (Lipinski definition) is 1. The summed E-state index contributed by atoms with van der Waals surface area (Å²) in [4.78, 5) is 24.5. The standard InChI is InChI=1S/C18H16N4O3/c1-12(15-10-13-6-2-3-7-14(13)25-15)19-17(23)11-22-18(24)21-9-5-4-8-16(21)20-22/h2-10,12H,11H2,1H3,(H,19,23). The quantitative estimate of drug-likeness (QED) is 0.619. The number of para-hydroxylation sites is 1. The molecular weight excluding hydrogens is 320 g/mol. The molecule has 1 N–H and O–H groups in total. The van der Waals surface area contributed by atoms with Crippen molar-refractivity contribution in [2.45, 2.75) is 19.5 Å². The van der Waals surface area contributed by atoms with Crippen molar-refractivity contribution in [3.63, 3.8) is 0 Å². The van der Waals surface area contributed by atoms with Gasteiger partial charge in [-0.1, -0.05) is 24.3 Å². The van der Waals surface area contributed by atoms with Crippen molar-refractivity contribution < 1.29 is 9.21 Å². The van der Waals surface area contributed by atoms with Crippen LogP contribution in [0.25, 0.3) is 16.6 Å². The number of rotatable bonds is 4. The van der Waals surface area contributed by atoms with Gasteiger partial charge in [0.2, 0.25) is 5.91 Å². The number of carbonyl (C=O) groups is 1. The third kappa shape index (κ3) is 2.80. The lowest BCUT2D eigenvalue weighted by Crippen LogP contribution is -2.34. The van der Waals surface area contributed by atoms with Gasteiger partial charge in [0.25, 0.3) is 0 Å². The van der Waals surface area contributed by atoms with E-state index in [-0.39, 0.29) is 24.2 Å². The first kappa shape index (κ1) is 15.2. The van der Waals surface area contributed by atoms with Crippen LogP contribution in [0.5, 0.6) is 0 Å². The molecular formula is C18H16N4O3. The lowest BCUT2D eigenvalue weighted by atomic mass is 10.2. The molecule has 0 fully saturated rings. The highest BCUT2D eigenvalue weighted by atomic mass is 16.3. The molecule has 3 heterocycles. The molecule has 7 nitrogen and oxygen atoms in total. The Morgan fingerprint density at radius 3 is 2.84 bits per heavy atom.